The number of hydrogen-bond donors (Lipinski definition) is 2. The highest BCUT2D eigenvalue weighted by molar-refractivity contribution is 14.0. The van der Waals surface area contributed by atoms with E-state index in [1.807, 2.05) is 6.92 Å². The Bertz CT molecular complexity index is 813. The molecule has 0 saturated heterocycles. The molecule has 0 atom stereocenters. The van der Waals surface area contributed by atoms with Crippen molar-refractivity contribution >= 4 is 39.8 Å². The Morgan fingerprint density at radius 1 is 1.04 bits per heavy atom. The van der Waals surface area contributed by atoms with Crippen LogP contribution in [0.25, 0.3) is 0 Å². The first-order valence-electron chi connectivity index (χ1n) is 8.55. The van der Waals surface area contributed by atoms with E-state index in [1.165, 1.54) is 12.1 Å². The quantitative estimate of drug-likeness (QED) is 0.329. The minimum atomic E-state index is -3.34. The minimum absolute atomic E-state index is 0. The highest BCUT2D eigenvalue weighted by Gasteiger charge is 2.13. The molecule has 0 aliphatic rings. The van der Waals surface area contributed by atoms with Crippen molar-refractivity contribution in [3.63, 3.8) is 0 Å². The van der Waals surface area contributed by atoms with Gasteiger partial charge in [0, 0.05) is 13.1 Å². The number of hydrogen-bond acceptors (Lipinski definition) is 3. The number of sulfone groups is 1. The fourth-order valence-electron chi connectivity index (χ4n) is 2.34. The van der Waals surface area contributed by atoms with E-state index in [-0.39, 0.29) is 42.1 Å². The normalized spacial score (nSPS) is 11.6. The van der Waals surface area contributed by atoms with Crippen LogP contribution in [0.1, 0.15) is 12.5 Å². The Labute approximate surface area is 177 Å². The van der Waals surface area contributed by atoms with Crippen LogP contribution < -0.4 is 10.6 Å². The van der Waals surface area contributed by atoms with Gasteiger partial charge in [0.25, 0.3) is 0 Å². The van der Waals surface area contributed by atoms with Gasteiger partial charge in [-0.2, -0.15) is 0 Å². The summed E-state index contributed by atoms with van der Waals surface area (Å²) in [5, 5.41) is 6.25. The number of aliphatic imine (C=N–C) groups is 1. The summed E-state index contributed by atoms with van der Waals surface area (Å²) in [6, 6.07) is 14.7. The number of rotatable bonds is 8. The standard InChI is InChI=1S/C19H24FN3O2S.HI/c1-2-21-19(22-13-12-16-8-10-17(20)11-9-16)23-14-15-26(24,25)18-6-4-3-5-7-18;/h3-11H,2,12-15H2,1H3,(H2,21,22,23);1H. The Kier molecular flexibility index (Phi) is 10.3. The first-order chi connectivity index (χ1) is 12.5. The Hall–Kier alpha value is -1.68. The third-order valence-corrected chi connectivity index (χ3v) is 5.41. The molecule has 0 unspecified atom stereocenters. The van der Waals surface area contributed by atoms with Crippen LogP contribution in [0.3, 0.4) is 0 Å². The molecule has 2 rings (SSSR count). The molecule has 8 heteroatoms. The molecule has 0 aromatic heterocycles. The van der Waals surface area contributed by atoms with Gasteiger partial charge >= 0.3 is 0 Å². The zero-order chi connectivity index (χ0) is 18.8. The fraction of sp³-hybridized carbons (Fsp3) is 0.316. The number of benzene rings is 2. The van der Waals surface area contributed by atoms with Gasteiger partial charge in [-0.25, -0.2) is 12.8 Å². The van der Waals surface area contributed by atoms with Gasteiger partial charge in [-0.05, 0) is 43.2 Å². The molecule has 2 aromatic rings. The molecule has 0 saturated carbocycles. The summed E-state index contributed by atoms with van der Waals surface area (Å²) in [6.45, 7) is 3.40. The van der Waals surface area contributed by atoms with Crippen molar-refractivity contribution in [3.05, 3.63) is 66.0 Å². The molecule has 0 aliphatic heterocycles. The van der Waals surface area contributed by atoms with Crippen LogP contribution in [0.4, 0.5) is 4.39 Å². The fourth-order valence-corrected chi connectivity index (χ4v) is 3.48. The molecule has 0 fully saturated rings. The van der Waals surface area contributed by atoms with E-state index in [0.29, 0.717) is 30.4 Å². The van der Waals surface area contributed by atoms with E-state index >= 15 is 0 Å². The van der Waals surface area contributed by atoms with Crippen LogP contribution in [-0.4, -0.2) is 39.8 Å². The Balaban J connectivity index is 0.00000364. The summed E-state index contributed by atoms with van der Waals surface area (Å²) in [5.74, 6) is 0.264. The molecule has 0 spiro atoms. The number of halogens is 2. The van der Waals surface area contributed by atoms with E-state index in [2.05, 4.69) is 15.6 Å². The van der Waals surface area contributed by atoms with Crippen molar-refractivity contribution in [2.24, 2.45) is 4.99 Å². The van der Waals surface area contributed by atoms with Gasteiger partial charge in [-0.15, -0.1) is 24.0 Å². The van der Waals surface area contributed by atoms with Crippen LogP contribution in [-0.2, 0) is 16.3 Å². The van der Waals surface area contributed by atoms with Gasteiger partial charge in [0.15, 0.2) is 15.8 Å². The molecule has 5 nitrogen and oxygen atoms in total. The lowest BCUT2D eigenvalue weighted by Gasteiger charge is -2.11. The lowest BCUT2D eigenvalue weighted by Crippen LogP contribution is -2.38. The van der Waals surface area contributed by atoms with Gasteiger partial charge in [0.2, 0.25) is 0 Å². The summed E-state index contributed by atoms with van der Waals surface area (Å²) < 4.78 is 37.4. The summed E-state index contributed by atoms with van der Waals surface area (Å²) in [7, 11) is -3.34. The van der Waals surface area contributed by atoms with Crippen molar-refractivity contribution < 1.29 is 12.8 Å². The SMILES string of the molecule is CCNC(=NCCS(=O)(=O)c1ccccc1)NCCc1ccc(F)cc1.I. The lowest BCUT2D eigenvalue weighted by atomic mass is 10.1. The van der Waals surface area contributed by atoms with Gasteiger partial charge in [-0.3, -0.25) is 4.99 Å². The van der Waals surface area contributed by atoms with Crippen LogP contribution in [0.5, 0.6) is 0 Å². The maximum atomic E-state index is 12.9. The van der Waals surface area contributed by atoms with E-state index in [9.17, 15) is 12.8 Å². The summed E-state index contributed by atoms with van der Waals surface area (Å²) in [5.41, 5.74) is 1.02. The molecular formula is C19H25FIN3O2S. The van der Waals surface area contributed by atoms with Gasteiger partial charge < -0.3 is 10.6 Å². The predicted molar refractivity (Wildman–Crippen MR) is 118 cm³/mol. The summed E-state index contributed by atoms with van der Waals surface area (Å²) in [4.78, 5) is 4.63. The monoisotopic (exact) mass is 505 g/mol. The molecule has 148 valence electrons. The second-order valence-electron chi connectivity index (χ2n) is 5.70. The predicted octanol–water partition coefficient (Wildman–Crippen LogP) is 3.02. The van der Waals surface area contributed by atoms with Crippen molar-refractivity contribution in [1.29, 1.82) is 0 Å². The maximum Gasteiger partial charge on any atom is 0.191 e. The second kappa shape index (κ2) is 11.9. The van der Waals surface area contributed by atoms with Crippen molar-refractivity contribution in [2.45, 2.75) is 18.2 Å². The average Bonchev–Trinajstić information content (AvgIpc) is 2.64. The number of nitrogens with zero attached hydrogens (tertiary/aromatic N) is 1. The van der Waals surface area contributed by atoms with E-state index in [4.69, 9.17) is 0 Å². The summed E-state index contributed by atoms with van der Waals surface area (Å²) >= 11 is 0. The molecule has 2 aromatic carbocycles. The van der Waals surface area contributed by atoms with Gasteiger partial charge in [0.05, 0.1) is 17.2 Å². The van der Waals surface area contributed by atoms with Crippen molar-refractivity contribution in [1.82, 2.24) is 10.6 Å². The zero-order valence-corrected chi connectivity index (χ0v) is 18.3. The Morgan fingerprint density at radius 2 is 1.70 bits per heavy atom. The maximum absolute atomic E-state index is 12.9. The molecule has 2 N–H and O–H groups in total. The van der Waals surface area contributed by atoms with Crippen LogP contribution in [0, 0.1) is 5.82 Å². The molecule has 0 bridgehead atoms. The number of guanidine groups is 1. The van der Waals surface area contributed by atoms with Crippen LogP contribution in [0.2, 0.25) is 0 Å². The van der Waals surface area contributed by atoms with Crippen LogP contribution >= 0.6 is 24.0 Å². The minimum Gasteiger partial charge on any atom is -0.357 e. The molecule has 0 amide bonds. The van der Waals surface area contributed by atoms with E-state index in [1.54, 1.807) is 42.5 Å². The molecule has 27 heavy (non-hydrogen) atoms. The first kappa shape index (κ1) is 23.4. The molecule has 0 heterocycles. The third kappa shape index (κ3) is 8.25. The molecule has 0 aliphatic carbocycles. The van der Waals surface area contributed by atoms with Crippen molar-refractivity contribution in [3.8, 4) is 0 Å². The highest BCUT2D eigenvalue weighted by Crippen LogP contribution is 2.09. The van der Waals surface area contributed by atoms with Crippen LogP contribution in [0.15, 0.2) is 64.5 Å². The number of nitrogens with one attached hydrogen (secondary N) is 2. The highest BCUT2D eigenvalue weighted by atomic mass is 127. The lowest BCUT2D eigenvalue weighted by molar-refractivity contribution is 0.596. The smallest absolute Gasteiger partial charge is 0.191 e. The topological polar surface area (TPSA) is 70.6 Å². The molecular weight excluding hydrogens is 480 g/mol. The van der Waals surface area contributed by atoms with Crippen molar-refractivity contribution in [2.75, 3.05) is 25.4 Å². The third-order valence-electron chi connectivity index (χ3n) is 3.70. The first-order valence-corrected chi connectivity index (χ1v) is 10.2. The average molecular weight is 505 g/mol. The van der Waals surface area contributed by atoms with Gasteiger partial charge in [-0.1, -0.05) is 30.3 Å². The molecule has 0 radical (unpaired) electrons. The van der Waals surface area contributed by atoms with Gasteiger partial charge in [0.1, 0.15) is 5.82 Å². The summed E-state index contributed by atoms with van der Waals surface area (Å²) in [6.07, 6.45) is 0.715. The Morgan fingerprint density at radius 3 is 2.33 bits per heavy atom. The largest absolute Gasteiger partial charge is 0.357 e. The van der Waals surface area contributed by atoms with E-state index < -0.39 is 9.84 Å². The zero-order valence-electron chi connectivity index (χ0n) is 15.2. The van der Waals surface area contributed by atoms with E-state index in [0.717, 1.165) is 5.56 Å². The second-order valence-corrected chi connectivity index (χ2v) is 7.80.